The average Bonchev–Trinajstić information content (AvgIpc) is 1.94. The zero-order valence-corrected chi connectivity index (χ0v) is 5.31. The second kappa shape index (κ2) is 3.05. The highest BCUT2D eigenvalue weighted by Crippen LogP contribution is 1.95. The Morgan fingerprint density at radius 3 is 3.38 bits per heavy atom. The van der Waals surface area contributed by atoms with E-state index in [0.717, 1.165) is 26.3 Å². The molecule has 0 unspecified atom stereocenters. The van der Waals surface area contributed by atoms with Gasteiger partial charge in [-0.15, -0.1) is 0 Å². The first kappa shape index (κ1) is 6.05. The minimum Gasteiger partial charge on any atom is -0.380 e. The second-order valence-corrected chi connectivity index (χ2v) is 2.38. The molecule has 1 aliphatic heterocycles. The minimum atomic E-state index is 0.692. The number of hydrogen-bond donors (Lipinski definition) is 1. The number of rotatable bonds is 0. The van der Waals surface area contributed by atoms with E-state index in [2.05, 4.69) is 12.2 Å². The maximum atomic E-state index is 5.24. The molecule has 1 fully saturated rings. The van der Waals surface area contributed by atoms with Gasteiger partial charge in [0, 0.05) is 6.54 Å². The Bertz CT molecular complexity index is 57.5. The summed E-state index contributed by atoms with van der Waals surface area (Å²) in [4.78, 5) is 0. The van der Waals surface area contributed by atoms with Crippen LogP contribution in [0, 0.1) is 5.92 Å². The molecule has 2 nitrogen and oxygen atoms in total. The topological polar surface area (TPSA) is 21.3 Å². The lowest BCUT2D eigenvalue weighted by molar-refractivity contribution is 0.128. The molecule has 2 heteroatoms. The van der Waals surface area contributed by atoms with Gasteiger partial charge >= 0.3 is 0 Å². The third-order valence-electron chi connectivity index (χ3n) is 1.32. The molecule has 48 valence electrons. The summed E-state index contributed by atoms with van der Waals surface area (Å²) in [5.74, 6) is 0.692. The molecule has 1 rings (SSSR count). The van der Waals surface area contributed by atoms with E-state index in [9.17, 15) is 0 Å². The van der Waals surface area contributed by atoms with Crippen molar-refractivity contribution >= 4 is 0 Å². The van der Waals surface area contributed by atoms with Crippen LogP contribution < -0.4 is 5.32 Å². The lowest BCUT2D eigenvalue weighted by Gasteiger charge is -2.03. The Labute approximate surface area is 50.2 Å². The molecule has 0 aromatic carbocycles. The molecule has 1 N–H and O–H groups in total. The second-order valence-electron chi connectivity index (χ2n) is 2.38. The van der Waals surface area contributed by atoms with Gasteiger partial charge in [-0.1, -0.05) is 6.92 Å². The fraction of sp³-hybridized carbons (Fsp3) is 1.00. The molecule has 0 saturated carbocycles. The first-order chi connectivity index (χ1) is 3.89. The Kier molecular flexibility index (Phi) is 2.30. The summed E-state index contributed by atoms with van der Waals surface area (Å²) in [7, 11) is 0. The van der Waals surface area contributed by atoms with Crippen LogP contribution in [0.3, 0.4) is 0 Å². The van der Waals surface area contributed by atoms with Gasteiger partial charge in [-0.05, 0) is 12.5 Å². The van der Waals surface area contributed by atoms with Crippen molar-refractivity contribution in [1.82, 2.24) is 5.32 Å². The Morgan fingerprint density at radius 2 is 2.50 bits per heavy atom. The summed E-state index contributed by atoms with van der Waals surface area (Å²) in [5.41, 5.74) is 0. The molecular formula is C6H13NO. The van der Waals surface area contributed by atoms with Crippen molar-refractivity contribution in [2.45, 2.75) is 6.92 Å². The fourth-order valence-electron chi connectivity index (χ4n) is 0.836. The highest BCUT2D eigenvalue weighted by molar-refractivity contribution is 4.58. The zero-order valence-electron chi connectivity index (χ0n) is 5.31. The molecule has 0 bridgehead atoms. The molecule has 1 heterocycles. The molecule has 0 aromatic heterocycles. The van der Waals surface area contributed by atoms with Crippen LogP contribution in [0.4, 0.5) is 0 Å². The summed E-state index contributed by atoms with van der Waals surface area (Å²) >= 11 is 0. The first-order valence-corrected chi connectivity index (χ1v) is 3.18. The molecule has 0 aliphatic carbocycles. The van der Waals surface area contributed by atoms with E-state index in [1.165, 1.54) is 0 Å². The van der Waals surface area contributed by atoms with Crippen molar-refractivity contribution in [2.24, 2.45) is 5.92 Å². The lowest BCUT2D eigenvalue weighted by atomic mass is 10.2. The maximum absolute atomic E-state index is 5.24. The van der Waals surface area contributed by atoms with Crippen LogP contribution in [-0.4, -0.2) is 26.3 Å². The smallest absolute Gasteiger partial charge is 0.0591 e. The highest BCUT2D eigenvalue weighted by atomic mass is 16.5. The third-order valence-corrected chi connectivity index (χ3v) is 1.32. The van der Waals surface area contributed by atoms with E-state index in [1.54, 1.807) is 0 Å². The van der Waals surface area contributed by atoms with Crippen molar-refractivity contribution in [3.05, 3.63) is 0 Å². The lowest BCUT2D eigenvalue weighted by Crippen LogP contribution is -2.20. The zero-order chi connectivity index (χ0) is 5.82. The largest absolute Gasteiger partial charge is 0.380 e. The van der Waals surface area contributed by atoms with Gasteiger partial charge in [0.1, 0.15) is 0 Å². The van der Waals surface area contributed by atoms with E-state index in [4.69, 9.17) is 4.74 Å². The predicted octanol–water partition coefficient (Wildman–Crippen LogP) is 0.242. The fourth-order valence-corrected chi connectivity index (χ4v) is 0.836. The van der Waals surface area contributed by atoms with Gasteiger partial charge in [0.25, 0.3) is 0 Å². The molecule has 0 aromatic rings. The van der Waals surface area contributed by atoms with Crippen molar-refractivity contribution in [3.63, 3.8) is 0 Å². The van der Waals surface area contributed by atoms with Crippen molar-refractivity contribution < 1.29 is 4.74 Å². The molecule has 0 spiro atoms. The van der Waals surface area contributed by atoms with E-state index in [-0.39, 0.29) is 0 Å². The van der Waals surface area contributed by atoms with E-state index in [0.29, 0.717) is 5.92 Å². The van der Waals surface area contributed by atoms with Gasteiger partial charge in [0.2, 0.25) is 0 Å². The molecule has 0 radical (unpaired) electrons. The summed E-state index contributed by atoms with van der Waals surface area (Å²) in [6, 6.07) is 0. The van der Waals surface area contributed by atoms with E-state index >= 15 is 0 Å². The summed E-state index contributed by atoms with van der Waals surface area (Å²) in [5, 5.41) is 3.27. The number of nitrogens with one attached hydrogen (secondary N) is 1. The molecule has 1 saturated heterocycles. The predicted molar refractivity (Wildman–Crippen MR) is 32.9 cm³/mol. The van der Waals surface area contributed by atoms with Crippen molar-refractivity contribution in [3.8, 4) is 0 Å². The van der Waals surface area contributed by atoms with Gasteiger partial charge in [0.15, 0.2) is 0 Å². The Hall–Kier alpha value is -0.0800. The van der Waals surface area contributed by atoms with Crippen LogP contribution in [-0.2, 0) is 4.74 Å². The molecule has 1 atom stereocenters. The first-order valence-electron chi connectivity index (χ1n) is 3.18. The van der Waals surface area contributed by atoms with Crippen LogP contribution >= 0.6 is 0 Å². The van der Waals surface area contributed by atoms with E-state index < -0.39 is 0 Å². The molecule has 8 heavy (non-hydrogen) atoms. The van der Waals surface area contributed by atoms with Crippen LogP contribution in [0.1, 0.15) is 6.92 Å². The van der Waals surface area contributed by atoms with Crippen LogP contribution in [0.2, 0.25) is 0 Å². The van der Waals surface area contributed by atoms with Gasteiger partial charge in [-0.3, -0.25) is 0 Å². The summed E-state index contributed by atoms with van der Waals surface area (Å²) in [6.45, 7) is 6.12. The highest BCUT2D eigenvalue weighted by Gasteiger charge is 2.04. The Balaban J connectivity index is 2.17. The number of ether oxygens (including phenoxy) is 1. The number of hydrogen-bond acceptors (Lipinski definition) is 2. The van der Waals surface area contributed by atoms with Crippen molar-refractivity contribution in [1.29, 1.82) is 0 Å². The normalized spacial score (nSPS) is 31.9. The minimum absolute atomic E-state index is 0.692. The SMILES string of the molecule is C[C@H]1CNCCOC1. The van der Waals surface area contributed by atoms with E-state index in [1.807, 2.05) is 0 Å². The molecular weight excluding hydrogens is 102 g/mol. The molecule has 1 aliphatic rings. The average molecular weight is 115 g/mol. The maximum Gasteiger partial charge on any atom is 0.0591 e. The standard InChI is InChI=1S/C6H13NO/c1-6-4-7-2-3-8-5-6/h6-7H,2-5H2,1H3/t6-/m0/s1. The quantitative estimate of drug-likeness (QED) is 0.488. The van der Waals surface area contributed by atoms with Crippen LogP contribution in [0.5, 0.6) is 0 Å². The van der Waals surface area contributed by atoms with Gasteiger partial charge in [-0.2, -0.15) is 0 Å². The Morgan fingerprint density at radius 1 is 1.62 bits per heavy atom. The monoisotopic (exact) mass is 115 g/mol. The van der Waals surface area contributed by atoms with Gasteiger partial charge in [-0.25, -0.2) is 0 Å². The van der Waals surface area contributed by atoms with Crippen molar-refractivity contribution in [2.75, 3.05) is 26.3 Å². The van der Waals surface area contributed by atoms with Crippen LogP contribution in [0.25, 0.3) is 0 Å². The van der Waals surface area contributed by atoms with Gasteiger partial charge in [0.05, 0.1) is 13.2 Å². The third kappa shape index (κ3) is 1.80. The summed E-state index contributed by atoms with van der Waals surface area (Å²) in [6.07, 6.45) is 0. The van der Waals surface area contributed by atoms with Gasteiger partial charge < -0.3 is 10.1 Å². The summed E-state index contributed by atoms with van der Waals surface area (Å²) < 4.78 is 5.24. The molecule has 0 amide bonds. The van der Waals surface area contributed by atoms with Crippen LogP contribution in [0.15, 0.2) is 0 Å².